The van der Waals surface area contributed by atoms with E-state index in [0.29, 0.717) is 27.7 Å². The fourth-order valence-electron chi connectivity index (χ4n) is 3.41. The maximum atomic E-state index is 13.2. The lowest BCUT2D eigenvalue weighted by molar-refractivity contribution is -0.154. The summed E-state index contributed by atoms with van der Waals surface area (Å²) in [7, 11) is 1.24. The first-order valence-electron chi connectivity index (χ1n) is 10.2. The minimum absolute atomic E-state index is 0.309. The number of carbonyl (C=O) groups excluding carboxylic acids is 2. The van der Waals surface area contributed by atoms with Crippen molar-refractivity contribution in [3.8, 4) is 11.8 Å². The van der Waals surface area contributed by atoms with E-state index in [1.807, 2.05) is 6.07 Å². The smallest absolute Gasteiger partial charge is 0.366 e. The molecule has 170 valence electrons. The average Bonchev–Trinajstić information content (AvgIpc) is 2.80. The number of nitrogens with one attached hydrogen (secondary N) is 1. The van der Waals surface area contributed by atoms with Crippen LogP contribution in [0.5, 0.6) is 0 Å². The van der Waals surface area contributed by atoms with Crippen LogP contribution in [0.2, 0.25) is 0 Å². The number of hydrogen-bond acceptors (Lipinski definition) is 7. The lowest BCUT2D eigenvalue weighted by Gasteiger charge is -2.30. The Morgan fingerprint density at radius 1 is 1.15 bits per heavy atom. The van der Waals surface area contributed by atoms with E-state index < -0.39 is 28.5 Å². The molecule has 2 N–H and O–H groups in total. The van der Waals surface area contributed by atoms with Crippen molar-refractivity contribution in [2.75, 3.05) is 12.4 Å². The van der Waals surface area contributed by atoms with Gasteiger partial charge in [0.05, 0.1) is 23.6 Å². The van der Waals surface area contributed by atoms with E-state index in [-0.39, 0.29) is 6.42 Å². The lowest BCUT2D eigenvalue weighted by atomic mass is 9.79. The van der Waals surface area contributed by atoms with Gasteiger partial charge in [-0.25, -0.2) is 4.79 Å². The number of esters is 1. The van der Waals surface area contributed by atoms with E-state index in [1.54, 1.807) is 51.1 Å². The van der Waals surface area contributed by atoms with Crippen molar-refractivity contribution >= 4 is 28.3 Å². The van der Waals surface area contributed by atoms with E-state index in [4.69, 9.17) is 9.26 Å². The van der Waals surface area contributed by atoms with Crippen LogP contribution in [-0.2, 0) is 14.3 Å². The molecule has 0 aliphatic rings. The van der Waals surface area contributed by atoms with Gasteiger partial charge in [0.25, 0.3) is 5.91 Å². The minimum Gasteiger partial charge on any atom is -0.469 e. The zero-order chi connectivity index (χ0) is 24.2. The molecule has 0 radical (unpaired) electrons. The van der Waals surface area contributed by atoms with Gasteiger partial charge in [-0.2, -0.15) is 0 Å². The highest BCUT2D eigenvalue weighted by Crippen LogP contribution is 2.31. The van der Waals surface area contributed by atoms with Crippen LogP contribution in [0.1, 0.15) is 31.5 Å². The molecule has 1 unspecified atom stereocenters. The number of aryl methyl sites for hydroxylation is 1. The summed E-state index contributed by atoms with van der Waals surface area (Å²) >= 11 is 0. The maximum Gasteiger partial charge on any atom is 0.366 e. The molecule has 8 nitrogen and oxygen atoms in total. The monoisotopic (exact) mass is 448 g/mol. The Morgan fingerprint density at radius 2 is 1.85 bits per heavy atom. The van der Waals surface area contributed by atoms with E-state index >= 15 is 0 Å². The van der Waals surface area contributed by atoms with Crippen molar-refractivity contribution in [1.82, 2.24) is 5.16 Å². The third-order valence-electron chi connectivity index (χ3n) is 5.15. The molecule has 0 aliphatic heterocycles. The maximum absolute atomic E-state index is 13.2. The number of aromatic nitrogens is 1. The summed E-state index contributed by atoms with van der Waals surface area (Å²) < 4.78 is 9.53. The fraction of sp³-hybridized carbons (Fsp3) is 0.280. The van der Waals surface area contributed by atoms with Crippen molar-refractivity contribution in [2.24, 2.45) is 5.41 Å². The third kappa shape index (κ3) is 5.27. The fourth-order valence-corrected chi connectivity index (χ4v) is 3.41. The van der Waals surface area contributed by atoms with Crippen LogP contribution in [0.25, 0.3) is 10.8 Å². The summed E-state index contributed by atoms with van der Waals surface area (Å²) in [5.41, 5.74) is -2.64. The van der Waals surface area contributed by atoms with Crippen LogP contribution in [0, 0.1) is 24.2 Å². The first-order chi connectivity index (χ1) is 15.6. The number of amides is 1. The Kier molecular flexibility index (Phi) is 6.65. The molecule has 2 aromatic carbocycles. The van der Waals surface area contributed by atoms with Gasteiger partial charge in [0.2, 0.25) is 5.60 Å². The number of hydrogen-bond donors (Lipinski definition) is 2. The van der Waals surface area contributed by atoms with Gasteiger partial charge >= 0.3 is 11.6 Å². The third-order valence-corrected chi connectivity index (χ3v) is 5.15. The summed E-state index contributed by atoms with van der Waals surface area (Å²) in [6, 6.07) is 13.4. The van der Waals surface area contributed by atoms with Gasteiger partial charge in [0.15, 0.2) is 0 Å². The minimum atomic E-state index is -2.22. The second-order valence-electron chi connectivity index (χ2n) is 8.30. The van der Waals surface area contributed by atoms with E-state index in [2.05, 4.69) is 22.3 Å². The molecule has 0 fully saturated rings. The molecule has 1 heterocycles. The van der Waals surface area contributed by atoms with Crippen LogP contribution in [0.4, 0.5) is 5.69 Å². The van der Waals surface area contributed by atoms with Gasteiger partial charge in [-0.15, -0.1) is 0 Å². The summed E-state index contributed by atoms with van der Waals surface area (Å²) in [6.45, 7) is 4.79. The van der Waals surface area contributed by atoms with E-state index in [9.17, 15) is 19.5 Å². The van der Waals surface area contributed by atoms with Crippen LogP contribution in [0.15, 0.2) is 57.8 Å². The van der Waals surface area contributed by atoms with Gasteiger partial charge in [-0.1, -0.05) is 35.2 Å². The number of methoxy groups -OCH3 is 1. The molecule has 0 spiro atoms. The highest BCUT2D eigenvalue weighted by molar-refractivity contribution is 6.01. The molecular formula is C25H24N2O6. The number of ether oxygens (including phenoxy) is 1. The number of benzene rings is 2. The summed E-state index contributed by atoms with van der Waals surface area (Å²) in [5.74, 6) is 4.02. The molecule has 33 heavy (non-hydrogen) atoms. The average molecular weight is 448 g/mol. The topological polar surface area (TPSA) is 119 Å². The van der Waals surface area contributed by atoms with Crippen molar-refractivity contribution in [1.29, 1.82) is 0 Å². The Labute approximate surface area is 190 Å². The van der Waals surface area contributed by atoms with Gasteiger partial charge in [0.1, 0.15) is 0 Å². The first-order valence-corrected chi connectivity index (χ1v) is 10.2. The number of nitrogens with zero attached hydrogens (tertiary/aromatic N) is 1. The van der Waals surface area contributed by atoms with Gasteiger partial charge in [0, 0.05) is 23.1 Å². The molecular weight excluding hydrogens is 424 g/mol. The Morgan fingerprint density at radius 3 is 2.52 bits per heavy atom. The van der Waals surface area contributed by atoms with Crippen LogP contribution in [-0.4, -0.2) is 34.9 Å². The van der Waals surface area contributed by atoms with Gasteiger partial charge in [-0.3, -0.25) is 9.59 Å². The number of rotatable bonds is 5. The molecule has 3 rings (SSSR count). The molecule has 3 aromatic rings. The summed E-state index contributed by atoms with van der Waals surface area (Å²) in [4.78, 5) is 37.3. The molecule has 8 heteroatoms. The highest BCUT2D eigenvalue weighted by atomic mass is 16.5. The normalized spacial score (nSPS) is 12.9. The van der Waals surface area contributed by atoms with Crippen molar-refractivity contribution in [3.63, 3.8) is 0 Å². The standard InChI is InChI=1S/C25H24N2O6/c1-16-20-14-18(10-11-19(20)21(28)33-27-16)26-22(29)25(31,15-24(2,3)23(30)32-4)13-12-17-8-6-5-7-9-17/h5-11,14,31H,15H2,1-4H3,(H,26,29). The first kappa shape index (κ1) is 23.7. The molecule has 0 aliphatic carbocycles. The van der Waals surface area contributed by atoms with Gasteiger partial charge < -0.3 is 19.7 Å². The van der Waals surface area contributed by atoms with Crippen LogP contribution < -0.4 is 10.9 Å². The Bertz CT molecular complexity index is 1320. The predicted octanol–water partition coefficient (Wildman–Crippen LogP) is 2.81. The predicted molar refractivity (Wildman–Crippen MR) is 122 cm³/mol. The second-order valence-corrected chi connectivity index (χ2v) is 8.30. The van der Waals surface area contributed by atoms with Crippen LogP contribution >= 0.6 is 0 Å². The molecule has 1 aromatic heterocycles. The van der Waals surface area contributed by atoms with Crippen molar-refractivity contribution in [3.05, 3.63) is 70.2 Å². The van der Waals surface area contributed by atoms with E-state index in [1.165, 1.54) is 19.2 Å². The molecule has 0 saturated heterocycles. The van der Waals surface area contributed by atoms with E-state index in [0.717, 1.165) is 0 Å². The highest BCUT2D eigenvalue weighted by Gasteiger charge is 2.44. The van der Waals surface area contributed by atoms with Crippen LogP contribution in [0.3, 0.4) is 0 Å². The number of aliphatic hydroxyl groups is 1. The number of anilines is 1. The Hall–Kier alpha value is -3.96. The molecule has 0 saturated carbocycles. The van der Waals surface area contributed by atoms with Crippen molar-refractivity contribution < 1.29 is 24.0 Å². The summed E-state index contributed by atoms with van der Waals surface area (Å²) in [5, 5.41) is 18.5. The zero-order valence-electron chi connectivity index (χ0n) is 18.8. The number of fused-ring (bicyclic) bond motifs is 1. The van der Waals surface area contributed by atoms with Gasteiger partial charge in [-0.05, 0) is 51.1 Å². The molecule has 1 amide bonds. The largest absolute Gasteiger partial charge is 0.469 e. The van der Waals surface area contributed by atoms with Crippen molar-refractivity contribution in [2.45, 2.75) is 32.8 Å². The SMILES string of the molecule is COC(=O)C(C)(C)CC(O)(C#Cc1ccccc1)C(=O)Nc1ccc2c(=O)onc(C)c2c1. The number of carbonyl (C=O) groups is 2. The Balaban J connectivity index is 1.99. The molecule has 0 bridgehead atoms. The second kappa shape index (κ2) is 9.27. The summed E-state index contributed by atoms with van der Waals surface area (Å²) in [6.07, 6.45) is -0.309. The zero-order valence-corrected chi connectivity index (χ0v) is 18.8. The lowest BCUT2D eigenvalue weighted by Crippen LogP contribution is -2.47. The quantitative estimate of drug-likeness (QED) is 0.455. The molecule has 1 atom stereocenters.